The highest BCUT2D eigenvalue weighted by Crippen LogP contribution is 2.21. The minimum Gasteiger partial charge on any atom is -0.492 e. The number of para-hydroxylation sites is 1. The van der Waals surface area contributed by atoms with Gasteiger partial charge in [0.15, 0.2) is 5.13 Å². The Bertz CT molecular complexity index is 1100. The van der Waals surface area contributed by atoms with E-state index >= 15 is 0 Å². The van der Waals surface area contributed by atoms with E-state index in [0.717, 1.165) is 25.3 Å². The molecule has 8 nitrogen and oxygen atoms in total. The van der Waals surface area contributed by atoms with E-state index in [4.69, 9.17) is 4.74 Å². The van der Waals surface area contributed by atoms with Crippen LogP contribution in [0.25, 0.3) is 0 Å². The van der Waals surface area contributed by atoms with Crippen LogP contribution in [0.2, 0.25) is 0 Å². The maximum absolute atomic E-state index is 12.7. The van der Waals surface area contributed by atoms with Gasteiger partial charge in [0, 0.05) is 24.5 Å². The number of likely N-dealkylation sites (tertiary alicyclic amines) is 1. The first-order valence-corrected chi connectivity index (χ1v) is 11.7. The van der Waals surface area contributed by atoms with E-state index in [9.17, 15) is 9.59 Å². The Hall–Kier alpha value is -3.04. The fourth-order valence-electron chi connectivity index (χ4n) is 3.75. The molecule has 0 bridgehead atoms. The van der Waals surface area contributed by atoms with Crippen molar-refractivity contribution in [3.8, 4) is 5.75 Å². The highest BCUT2D eigenvalue weighted by Gasteiger charge is 2.18. The summed E-state index contributed by atoms with van der Waals surface area (Å²) < 4.78 is 6.86. The Morgan fingerprint density at radius 3 is 2.91 bits per heavy atom. The molecule has 0 aliphatic carbocycles. The lowest BCUT2D eigenvalue weighted by Crippen LogP contribution is -2.33. The SMILES string of the molecule is CC1CCCN(Cc2csc(NC(=O)c3ccc(=O)n(CCOc4ccccc4)n3)n2)C1. The van der Waals surface area contributed by atoms with Gasteiger partial charge in [-0.05, 0) is 43.5 Å². The van der Waals surface area contributed by atoms with Crippen LogP contribution in [0, 0.1) is 5.92 Å². The lowest BCUT2D eigenvalue weighted by atomic mass is 10.0. The third-order valence-corrected chi connectivity index (χ3v) is 6.12. The summed E-state index contributed by atoms with van der Waals surface area (Å²) in [6.07, 6.45) is 2.50. The number of anilines is 1. The fourth-order valence-corrected chi connectivity index (χ4v) is 4.45. The van der Waals surface area contributed by atoms with Gasteiger partial charge >= 0.3 is 0 Å². The first-order valence-electron chi connectivity index (χ1n) is 10.8. The van der Waals surface area contributed by atoms with Crippen molar-refractivity contribution >= 4 is 22.4 Å². The number of aromatic nitrogens is 3. The standard InChI is InChI=1S/C23H27N5O3S/c1-17-6-5-11-27(14-17)15-18-16-32-23(24-18)25-22(30)20-9-10-21(29)28(26-20)12-13-31-19-7-3-2-4-8-19/h2-4,7-10,16-17H,5-6,11-15H2,1H3,(H,24,25,30). The van der Waals surface area contributed by atoms with Gasteiger partial charge in [0.05, 0.1) is 12.2 Å². The first-order chi connectivity index (χ1) is 15.6. The van der Waals surface area contributed by atoms with Crippen LogP contribution in [0.5, 0.6) is 5.75 Å². The molecule has 1 aliphatic heterocycles. The molecule has 1 aromatic carbocycles. The molecule has 1 amide bonds. The summed E-state index contributed by atoms with van der Waals surface area (Å²) in [6, 6.07) is 12.1. The summed E-state index contributed by atoms with van der Waals surface area (Å²) >= 11 is 1.39. The van der Waals surface area contributed by atoms with Crippen molar-refractivity contribution in [3.63, 3.8) is 0 Å². The Morgan fingerprint density at radius 1 is 1.25 bits per heavy atom. The van der Waals surface area contributed by atoms with Crippen molar-refractivity contribution in [1.29, 1.82) is 0 Å². The van der Waals surface area contributed by atoms with Crippen LogP contribution < -0.4 is 15.6 Å². The second-order valence-electron chi connectivity index (χ2n) is 8.02. The number of nitrogens with zero attached hydrogens (tertiary/aromatic N) is 4. The van der Waals surface area contributed by atoms with Gasteiger partial charge in [0.2, 0.25) is 0 Å². The molecule has 0 spiro atoms. The van der Waals surface area contributed by atoms with Crippen LogP contribution in [0.15, 0.2) is 52.6 Å². The summed E-state index contributed by atoms with van der Waals surface area (Å²) in [5.74, 6) is 1.03. The molecule has 4 rings (SSSR count). The molecule has 1 aliphatic rings. The van der Waals surface area contributed by atoms with Gasteiger partial charge in [-0.1, -0.05) is 25.1 Å². The van der Waals surface area contributed by atoms with Crippen LogP contribution in [0.3, 0.4) is 0 Å². The molecule has 0 saturated carbocycles. The predicted octanol–water partition coefficient (Wildman–Crippen LogP) is 3.26. The maximum Gasteiger partial charge on any atom is 0.277 e. The quantitative estimate of drug-likeness (QED) is 0.563. The van der Waals surface area contributed by atoms with Crippen molar-refractivity contribution < 1.29 is 9.53 Å². The summed E-state index contributed by atoms with van der Waals surface area (Å²) in [5, 5.41) is 9.49. The molecular weight excluding hydrogens is 426 g/mol. The van der Waals surface area contributed by atoms with E-state index < -0.39 is 5.91 Å². The number of benzene rings is 1. The zero-order chi connectivity index (χ0) is 22.3. The number of hydrogen-bond donors (Lipinski definition) is 1. The number of rotatable bonds is 8. The Balaban J connectivity index is 1.33. The Labute approximate surface area is 190 Å². The zero-order valence-electron chi connectivity index (χ0n) is 18.1. The van der Waals surface area contributed by atoms with Gasteiger partial charge in [-0.25, -0.2) is 9.67 Å². The summed E-state index contributed by atoms with van der Waals surface area (Å²) in [7, 11) is 0. The van der Waals surface area contributed by atoms with Crippen LogP contribution >= 0.6 is 11.3 Å². The van der Waals surface area contributed by atoms with Crippen molar-refractivity contribution in [2.75, 3.05) is 25.0 Å². The van der Waals surface area contributed by atoms with Gasteiger partial charge in [-0.3, -0.25) is 19.8 Å². The summed E-state index contributed by atoms with van der Waals surface area (Å²) in [4.78, 5) is 31.7. The van der Waals surface area contributed by atoms with Crippen LogP contribution in [-0.4, -0.2) is 45.3 Å². The fraction of sp³-hybridized carbons (Fsp3) is 0.391. The molecule has 1 unspecified atom stereocenters. The predicted molar refractivity (Wildman–Crippen MR) is 124 cm³/mol. The Morgan fingerprint density at radius 2 is 2.09 bits per heavy atom. The molecule has 32 heavy (non-hydrogen) atoms. The number of thiazole rings is 1. The maximum atomic E-state index is 12.7. The number of carbonyl (C=O) groups is 1. The number of hydrogen-bond acceptors (Lipinski definition) is 7. The molecule has 3 heterocycles. The molecule has 168 valence electrons. The third kappa shape index (κ3) is 6.02. The second kappa shape index (κ2) is 10.5. The van der Waals surface area contributed by atoms with Gasteiger partial charge < -0.3 is 4.74 Å². The van der Waals surface area contributed by atoms with Gasteiger partial charge in [0.25, 0.3) is 11.5 Å². The zero-order valence-corrected chi connectivity index (χ0v) is 18.9. The number of ether oxygens (including phenoxy) is 1. The van der Waals surface area contributed by atoms with Gasteiger partial charge in [0.1, 0.15) is 18.1 Å². The largest absolute Gasteiger partial charge is 0.492 e. The highest BCUT2D eigenvalue weighted by atomic mass is 32.1. The van der Waals surface area contributed by atoms with Crippen molar-refractivity contribution in [2.24, 2.45) is 5.92 Å². The van der Waals surface area contributed by atoms with Crippen LogP contribution in [0.1, 0.15) is 35.9 Å². The minimum absolute atomic E-state index is 0.158. The van der Waals surface area contributed by atoms with E-state index in [0.29, 0.717) is 16.8 Å². The Kier molecular flexibility index (Phi) is 7.28. The van der Waals surface area contributed by atoms with E-state index in [2.05, 4.69) is 27.2 Å². The average Bonchev–Trinajstić information content (AvgIpc) is 3.22. The number of amides is 1. The van der Waals surface area contributed by atoms with E-state index in [1.54, 1.807) is 0 Å². The summed E-state index contributed by atoms with van der Waals surface area (Å²) in [5.41, 5.74) is 0.826. The third-order valence-electron chi connectivity index (χ3n) is 5.31. The van der Waals surface area contributed by atoms with Gasteiger partial charge in [-0.15, -0.1) is 11.3 Å². The van der Waals surface area contributed by atoms with Crippen LogP contribution in [0.4, 0.5) is 5.13 Å². The van der Waals surface area contributed by atoms with Crippen molar-refractivity contribution in [3.05, 3.63) is 69.6 Å². The van der Waals surface area contributed by atoms with Crippen molar-refractivity contribution in [1.82, 2.24) is 19.7 Å². The molecule has 3 aromatic rings. The molecular formula is C23H27N5O3S. The smallest absolute Gasteiger partial charge is 0.277 e. The number of carbonyl (C=O) groups excluding carboxylic acids is 1. The molecule has 1 fully saturated rings. The average molecular weight is 454 g/mol. The monoisotopic (exact) mass is 453 g/mol. The lowest BCUT2D eigenvalue weighted by molar-refractivity contribution is 0.101. The minimum atomic E-state index is -0.393. The van der Waals surface area contributed by atoms with Crippen molar-refractivity contribution in [2.45, 2.75) is 32.9 Å². The van der Waals surface area contributed by atoms with Gasteiger partial charge in [-0.2, -0.15) is 5.10 Å². The molecule has 2 aromatic heterocycles. The van der Waals surface area contributed by atoms with E-state index in [1.165, 1.54) is 41.0 Å². The highest BCUT2D eigenvalue weighted by molar-refractivity contribution is 7.13. The molecule has 1 N–H and O–H groups in total. The molecule has 9 heteroatoms. The first kappa shape index (κ1) is 22.2. The number of piperidine rings is 1. The molecule has 1 saturated heterocycles. The summed E-state index contributed by atoms with van der Waals surface area (Å²) in [6.45, 7) is 5.75. The topological polar surface area (TPSA) is 89.4 Å². The normalized spacial score (nSPS) is 16.6. The number of nitrogens with one attached hydrogen (secondary N) is 1. The van der Waals surface area contributed by atoms with E-state index in [1.807, 2.05) is 35.7 Å². The van der Waals surface area contributed by atoms with E-state index in [-0.39, 0.29) is 24.4 Å². The molecule has 1 atom stereocenters. The lowest BCUT2D eigenvalue weighted by Gasteiger charge is -2.30. The van der Waals surface area contributed by atoms with Crippen LogP contribution in [-0.2, 0) is 13.1 Å². The molecule has 0 radical (unpaired) electrons. The second-order valence-corrected chi connectivity index (χ2v) is 8.88.